The number of nitrogens with zero attached hydrogens (tertiary/aromatic N) is 4. The molecule has 7 nitrogen and oxygen atoms in total. The Morgan fingerprint density at radius 3 is 2.61 bits per heavy atom. The number of nitriles is 1. The van der Waals surface area contributed by atoms with Gasteiger partial charge >= 0.3 is 0 Å². The van der Waals surface area contributed by atoms with Gasteiger partial charge in [-0.05, 0) is 13.0 Å². The highest BCUT2D eigenvalue weighted by Crippen LogP contribution is 2.15. The van der Waals surface area contributed by atoms with Crippen molar-refractivity contribution in [2.75, 3.05) is 26.2 Å². The van der Waals surface area contributed by atoms with Crippen molar-refractivity contribution in [2.45, 2.75) is 18.0 Å². The molecule has 98 valence electrons. The molecule has 0 spiro atoms. The lowest BCUT2D eigenvalue weighted by molar-refractivity contribution is 0.169. The molecule has 0 aromatic carbocycles. The summed E-state index contributed by atoms with van der Waals surface area (Å²) in [7, 11) is -3.47. The number of hydrogen-bond acceptors (Lipinski definition) is 5. The number of aromatic nitrogens is 2. The fourth-order valence-electron chi connectivity index (χ4n) is 1.94. The van der Waals surface area contributed by atoms with E-state index in [2.05, 4.69) is 16.3 Å². The van der Waals surface area contributed by atoms with Gasteiger partial charge in [-0.3, -0.25) is 10.00 Å². The van der Waals surface area contributed by atoms with Crippen molar-refractivity contribution in [3.05, 3.63) is 12.3 Å². The van der Waals surface area contributed by atoms with E-state index in [1.54, 1.807) is 0 Å². The van der Waals surface area contributed by atoms with Crippen molar-refractivity contribution in [3.63, 3.8) is 0 Å². The predicted octanol–water partition coefficient (Wildman–Crippen LogP) is -0.372. The zero-order chi connectivity index (χ0) is 13.2. The highest BCUT2D eigenvalue weighted by molar-refractivity contribution is 7.89. The van der Waals surface area contributed by atoms with E-state index in [-0.39, 0.29) is 11.1 Å². The van der Waals surface area contributed by atoms with Crippen LogP contribution in [0.5, 0.6) is 0 Å². The van der Waals surface area contributed by atoms with Crippen LogP contribution in [0.3, 0.4) is 0 Å². The smallest absolute Gasteiger partial charge is 0.260 e. The lowest BCUT2D eigenvalue weighted by Gasteiger charge is -2.34. The summed E-state index contributed by atoms with van der Waals surface area (Å²) in [4.78, 5) is 1.97. The molecule has 8 heteroatoms. The second-order valence-electron chi connectivity index (χ2n) is 4.17. The lowest BCUT2D eigenvalue weighted by Crippen LogP contribution is -2.51. The molecule has 1 atom stereocenters. The SMILES string of the molecule is CC(C#N)N1CCN(S(=O)(=O)c2ccn[nH]2)CC1. The first kappa shape index (κ1) is 13.0. The Kier molecular flexibility index (Phi) is 3.65. The molecule has 1 unspecified atom stereocenters. The topological polar surface area (TPSA) is 93.1 Å². The van der Waals surface area contributed by atoms with Crippen LogP contribution in [0.15, 0.2) is 17.3 Å². The van der Waals surface area contributed by atoms with Crippen molar-refractivity contribution >= 4 is 10.0 Å². The summed E-state index contributed by atoms with van der Waals surface area (Å²) >= 11 is 0. The summed E-state index contributed by atoms with van der Waals surface area (Å²) in [5, 5.41) is 15.1. The summed E-state index contributed by atoms with van der Waals surface area (Å²) in [6.07, 6.45) is 1.42. The molecule has 1 saturated heterocycles. The van der Waals surface area contributed by atoms with E-state index in [0.29, 0.717) is 26.2 Å². The number of nitrogens with one attached hydrogen (secondary N) is 1. The lowest BCUT2D eigenvalue weighted by atomic mass is 10.2. The molecule has 0 bridgehead atoms. The third-order valence-corrected chi connectivity index (χ3v) is 4.93. The monoisotopic (exact) mass is 269 g/mol. The van der Waals surface area contributed by atoms with E-state index in [0.717, 1.165) is 0 Å². The quantitative estimate of drug-likeness (QED) is 0.808. The Morgan fingerprint density at radius 1 is 1.44 bits per heavy atom. The summed E-state index contributed by atoms with van der Waals surface area (Å²) in [5.74, 6) is 0. The Bertz CT molecular complexity index is 525. The first-order chi connectivity index (χ1) is 8.55. The van der Waals surface area contributed by atoms with Crippen LogP contribution in [0.2, 0.25) is 0 Å². The van der Waals surface area contributed by atoms with Crippen LogP contribution in [0.1, 0.15) is 6.92 Å². The van der Waals surface area contributed by atoms with Gasteiger partial charge < -0.3 is 0 Å². The van der Waals surface area contributed by atoms with Crippen LogP contribution < -0.4 is 0 Å². The maximum Gasteiger partial charge on any atom is 0.260 e. The average Bonchev–Trinajstić information content (AvgIpc) is 2.92. The number of H-pyrrole nitrogens is 1. The zero-order valence-electron chi connectivity index (χ0n) is 10.1. The van der Waals surface area contributed by atoms with Gasteiger partial charge in [0.25, 0.3) is 10.0 Å². The average molecular weight is 269 g/mol. The number of sulfonamides is 1. The minimum Gasteiger partial charge on any atom is -0.286 e. The molecule has 1 aromatic heterocycles. The van der Waals surface area contributed by atoms with Gasteiger partial charge in [0.1, 0.15) is 0 Å². The van der Waals surface area contributed by atoms with Crippen LogP contribution in [0.4, 0.5) is 0 Å². The largest absolute Gasteiger partial charge is 0.286 e. The molecule has 1 N–H and O–H groups in total. The summed E-state index contributed by atoms with van der Waals surface area (Å²) in [6, 6.07) is 3.42. The van der Waals surface area contributed by atoms with Crippen LogP contribution >= 0.6 is 0 Å². The van der Waals surface area contributed by atoms with Crippen molar-refractivity contribution in [2.24, 2.45) is 0 Å². The molecule has 0 saturated carbocycles. The standard InChI is InChI=1S/C10H15N5O2S/c1-9(8-11)14-4-6-15(7-5-14)18(16,17)10-2-3-12-13-10/h2-3,9H,4-7H2,1H3,(H,12,13). The second-order valence-corrected chi connectivity index (χ2v) is 6.07. The van der Waals surface area contributed by atoms with Gasteiger partial charge in [-0.2, -0.15) is 14.7 Å². The second kappa shape index (κ2) is 5.06. The molecule has 1 fully saturated rings. The fourth-order valence-corrected chi connectivity index (χ4v) is 3.26. The molecular formula is C10H15N5O2S. The van der Waals surface area contributed by atoms with Crippen molar-refractivity contribution in [1.82, 2.24) is 19.4 Å². The molecular weight excluding hydrogens is 254 g/mol. The molecule has 0 amide bonds. The third-order valence-electron chi connectivity index (χ3n) is 3.10. The highest BCUT2D eigenvalue weighted by Gasteiger charge is 2.30. The van der Waals surface area contributed by atoms with E-state index in [1.165, 1.54) is 16.6 Å². The minimum absolute atomic E-state index is 0.115. The molecule has 2 rings (SSSR count). The van der Waals surface area contributed by atoms with E-state index < -0.39 is 10.0 Å². The van der Waals surface area contributed by atoms with Crippen LogP contribution in [0, 0.1) is 11.3 Å². The number of hydrogen-bond donors (Lipinski definition) is 1. The maximum atomic E-state index is 12.2. The van der Waals surface area contributed by atoms with Crippen LogP contribution in [-0.2, 0) is 10.0 Å². The molecule has 0 radical (unpaired) electrons. The normalized spacial score (nSPS) is 20.4. The molecule has 2 heterocycles. The third kappa shape index (κ3) is 2.38. The zero-order valence-corrected chi connectivity index (χ0v) is 10.9. The van der Waals surface area contributed by atoms with E-state index >= 15 is 0 Å². The Hall–Kier alpha value is -1.43. The molecule has 1 aliphatic heterocycles. The molecule has 0 aliphatic carbocycles. The summed E-state index contributed by atoms with van der Waals surface area (Å²) in [5.41, 5.74) is 0. The minimum atomic E-state index is -3.47. The Balaban J connectivity index is 2.05. The van der Waals surface area contributed by atoms with E-state index in [9.17, 15) is 8.42 Å². The van der Waals surface area contributed by atoms with Gasteiger partial charge in [0.15, 0.2) is 5.03 Å². The summed E-state index contributed by atoms with van der Waals surface area (Å²) < 4.78 is 25.7. The van der Waals surface area contributed by atoms with E-state index in [4.69, 9.17) is 5.26 Å². The molecule has 18 heavy (non-hydrogen) atoms. The Morgan fingerprint density at radius 2 is 2.11 bits per heavy atom. The summed E-state index contributed by atoms with van der Waals surface area (Å²) in [6.45, 7) is 3.75. The van der Waals surface area contributed by atoms with Crippen LogP contribution in [-0.4, -0.2) is 60.0 Å². The van der Waals surface area contributed by atoms with Gasteiger partial charge in [-0.25, -0.2) is 8.42 Å². The number of aromatic amines is 1. The van der Waals surface area contributed by atoms with Crippen molar-refractivity contribution in [3.8, 4) is 6.07 Å². The maximum absolute atomic E-state index is 12.2. The highest BCUT2D eigenvalue weighted by atomic mass is 32.2. The molecule has 1 aromatic rings. The van der Waals surface area contributed by atoms with Gasteiger partial charge in [0, 0.05) is 26.2 Å². The molecule has 1 aliphatic rings. The van der Waals surface area contributed by atoms with E-state index in [1.807, 2.05) is 11.8 Å². The van der Waals surface area contributed by atoms with Crippen molar-refractivity contribution < 1.29 is 8.42 Å². The first-order valence-electron chi connectivity index (χ1n) is 5.69. The predicted molar refractivity (Wildman–Crippen MR) is 64.0 cm³/mol. The van der Waals surface area contributed by atoms with Gasteiger partial charge in [-0.1, -0.05) is 0 Å². The fraction of sp³-hybridized carbons (Fsp3) is 0.600. The van der Waals surface area contributed by atoms with Crippen molar-refractivity contribution in [1.29, 1.82) is 5.26 Å². The number of rotatable bonds is 3. The van der Waals surface area contributed by atoms with Crippen LogP contribution in [0.25, 0.3) is 0 Å². The van der Waals surface area contributed by atoms with Gasteiger partial charge in [0.2, 0.25) is 0 Å². The van der Waals surface area contributed by atoms with Gasteiger partial charge in [0.05, 0.1) is 18.3 Å². The Labute approximate surface area is 106 Å². The first-order valence-corrected chi connectivity index (χ1v) is 7.13. The number of piperazine rings is 1. The van der Waals surface area contributed by atoms with Gasteiger partial charge in [-0.15, -0.1) is 0 Å².